The van der Waals surface area contributed by atoms with E-state index in [-0.39, 0.29) is 18.5 Å². The molecule has 0 heterocycles. The molecule has 6 heteroatoms. The van der Waals surface area contributed by atoms with E-state index in [1.54, 1.807) is 18.2 Å². The zero-order chi connectivity index (χ0) is 10.4. The summed E-state index contributed by atoms with van der Waals surface area (Å²) in [5.74, 6) is 0. The minimum absolute atomic E-state index is 0.109. The Kier molecular flexibility index (Phi) is 4.25. The Balaban J connectivity index is 2.62. The molecule has 0 fully saturated rings. The fourth-order valence-electron chi connectivity index (χ4n) is 0.848. The van der Waals surface area contributed by atoms with E-state index >= 15 is 0 Å². The molecule has 1 rings (SSSR count). The molecule has 1 unspecified atom stereocenters. The van der Waals surface area contributed by atoms with Gasteiger partial charge in [0.15, 0.2) is 0 Å². The molecule has 1 aromatic carbocycles. The molecule has 14 heavy (non-hydrogen) atoms. The normalized spacial score (nSPS) is 15.0. The van der Waals surface area contributed by atoms with Gasteiger partial charge >= 0.3 is 7.60 Å². The monoisotopic (exact) mass is 217 g/mol. The molecule has 1 aromatic rings. The average Bonchev–Trinajstić information content (AvgIpc) is 2.19. The Morgan fingerprint density at radius 2 is 2.00 bits per heavy atom. The number of nitrogens with one attached hydrogen (secondary N) is 1. The van der Waals surface area contributed by atoms with Crippen LogP contribution in [0.25, 0.3) is 0 Å². The lowest BCUT2D eigenvalue weighted by atomic mass is 10.4. The van der Waals surface area contributed by atoms with Crippen molar-refractivity contribution in [2.45, 2.75) is 0 Å². The first-order chi connectivity index (χ1) is 6.67. The molecule has 0 bridgehead atoms. The van der Waals surface area contributed by atoms with Crippen LogP contribution >= 0.6 is 7.60 Å². The van der Waals surface area contributed by atoms with E-state index in [9.17, 15) is 9.46 Å². The molecule has 3 N–H and O–H groups in total. The SMILES string of the molecule is O=P(O)(ONCCO)c1ccccc1. The van der Waals surface area contributed by atoms with Gasteiger partial charge in [0.05, 0.1) is 11.9 Å². The fraction of sp³-hybridized carbons (Fsp3) is 0.250. The first-order valence-corrected chi connectivity index (χ1v) is 5.65. The highest BCUT2D eigenvalue weighted by molar-refractivity contribution is 7.61. The molecular weight excluding hydrogens is 205 g/mol. The Hall–Kier alpha value is -0.710. The zero-order valence-corrected chi connectivity index (χ0v) is 8.35. The van der Waals surface area contributed by atoms with Gasteiger partial charge in [0.1, 0.15) is 0 Å². The fourth-order valence-corrected chi connectivity index (χ4v) is 1.77. The maximum atomic E-state index is 11.5. The molecule has 0 spiro atoms. The number of hydrogen-bond donors (Lipinski definition) is 3. The van der Waals surface area contributed by atoms with Gasteiger partial charge in [-0.15, -0.1) is 0 Å². The Morgan fingerprint density at radius 1 is 1.36 bits per heavy atom. The maximum Gasteiger partial charge on any atom is 0.375 e. The molecule has 0 saturated heterocycles. The number of hydroxylamine groups is 1. The van der Waals surface area contributed by atoms with Crippen LogP contribution in [0.2, 0.25) is 0 Å². The average molecular weight is 217 g/mol. The quantitative estimate of drug-likeness (QED) is 0.368. The van der Waals surface area contributed by atoms with Crippen LogP contribution in [0.15, 0.2) is 30.3 Å². The highest BCUT2D eigenvalue weighted by atomic mass is 31.2. The first-order valence-electron chi connectivity index (χ1n) is 4.07. The minimum atomic E-state index is -3.80. The summed E-state index contributed by atoms with van der Waals surface area (Å²) >= 11 is 0. The Labute approximate surface area is 81.8 Å². The van der Waals surface area contributed by atoms with Crippen molar-refractivity contribution in [1.82, 2.24) is 5.48 Å². The van der Waals surface area contributed by atoms with Crippen LogP contribution in [-0.4, -0.2) is 23.2 Å². The van der Waals surface area contributed by atoms with Gasteiger partial charge in [0.2, 0.25) is 0 Å². The van der Waals surface area contributed by atoms with E-state index in [0.29, 0.717) is 0 Å². The summed E-state index contributed by atoms with van der Waals surface area (Å²) in [6, 6.07) is 8.04. The number of aliphatic hydroxyl groups is 1. The largest absolute Gasteiger partial charge is 0.395 e. The molecule has 1 atom stereocenters. The van der Waals surface area contributed by atoms with Crippen LogP contribution in [0, 0.1) is 0 Å². The second-order valence-electron chi connectivity index (χ2n) is 2.57. The van der Waals surface area contributed by atoms with Gasteiger partial charge < -0.3 is 10.00 Å². The van der Waals surface area contributed by atoms with Crippen molar-refractivity contribution in [3.05, 3.63) is 30.3 Å². The number of rotatable bonds is 5. The summed E-state index contributed by atoms with van der Waals surface area (Å²) < 4.78 is 16.0. The lowest BCUT2D eigenvalue weighted by molar-refractivity contribution is 0.148. The first kappa shape index (κ1) is 11.4. The van der Waals surface area contributed by atoms with Gasteiger partial charge in [-0.3, -0.25) is 4.57 Å². The molecule has 0 aromatic heterocycles. The summed E-state index contributed by atoms with van der Waals surface area (Å²) in [5, 5.41) is 8.63. The van der Waals surface area contributed by atoms with E-state index in [2.05, 4.69) is 10.1 Å². The molecule has 0 radical (unpaired) electrons. The van der Waals surface area contributed by atoms with Gasteiger partial charge in [-0.05, 0) is 12.1 Å². The van der Waals surface area contributed by atoms with Crippen LogP contribution < -0.4 is 10.8 Å². The third kappa shape index (κ3) is 3.21. The molecule has 0 amide bonds. The van der Waals surface area contributed by atoms with E-state index in [1.807, 2.05) is 0 Å². The smallest absolute Gasteiger partial charge is 0.375 e. The lowest BCUT2D eigenvalue weighted by Crippen LogP contribution is -2.20. The van der Waals surface area contributed by atoms with E-state index in [1.165, 1.54) is 12.1 Å². The maximum absolute atomic E-state index is 11.5. The van der Waals surface area contributed by atoms with Crippen molar-refractivity contribution in [1.29, 1.82) is 0 Å². The second kappa shape index (κ2) is 5.24. The predicted octanol–water partition coefficient (Wildman–Crippen LogP) is 0.0108. The molecule has 5 nitrogen and oxygen atoms in total. The summed E-state index contributed by atoms with van der Waals surface area (Å²) in [6.45, 7) is -0.0494. The predicted molar refractivity (Wildman–Crippen MR) is 52.1 cm³/mol. The standard InChI is InChI=1S/C8H12NO4P/c10-7-6-9-13-14(11,12)8-4-2-1-3-5-8/h1-5,9-10H,6-7H2,(H,11,12). The second-order valence-corrected chi connectivity index (χ2v) is 4.30. The van der Waals surface area contributed by atoms with Gasteiger partial charge in [0, 0.05) is 6.54 Å². The minimum Gasteiger partial charge on any atom is -0.395 e. The van der Waals surface area contributed by atoms with Crippen LogP contribution in [0.1, 0.15) is 0 Å². The van der Waals surface area contributed by atoms with Gasteiger partial charge in [-0.2, -0.15) is 5.48 Å². The van der Waals surface area contributed by atoms with E-state index in [4.69, 9.17) is 5.11 Å². The van der Waals surface area contributed by atoms with Gasteiger partial charge in [0.25, 0.3) is 0 Å². The summed E-state index contributed by atoms with van der Waals surface area (Å²) in [7, 11) is -3.80. The van der Waals surface area contributed by atoms with Gasteiger partial charge in [-0.25, -0.2) is 4.62 Å². The van der Waals surface area contributed by atoms with Crippen LogP contribution in [0.4, 0.5) is 0 Å². The van der Waals surface area contributed by atoms with E-state index in [0.717, 1.165) is 0 Å². The topological polar surface area (TPSA) is 78.8 Å². The van der Waals surface area contributed by atoms with Crippen molar-refractivity contribution < 1.29 is 19.2 Å². The van der Waals surface area contributed by atoms with Crippen molar-refractivity contribution in [2.24, 2.45) is 0 Å². The summed E-state index contributed by atoms with van der Waals surface area (Å²) in [4.78, 5) is 9.40. The third-order valence-corrected chi connectivity index (χ3v) is 2.81. The van der Waals surface area contributed by atoms with Crippen LogP contribution in [0.5, 0.6) is 0 Å². The molecule has 0 saturated carbocycles. The van der Waals surface area contributed by atoms with Crippen LogP contribution in [0.3, 0.4) is 0 Å². The Morgan fingerprint density at radius 3 is 2.57 bits per heavy atom. The molecule has 0 aliphatic carbocycles. The van der Waals surface area contributed by atoms with Crippen molar-refractivity contribution >= 4 is 12.9 Å². The third-order valence-electron chi connectivity index (χ3n) is 1.48. The Bertz CT molecular complexity index is 316. The van der Waals surface area contributed by atoms with Crippen molar-refractivity contribution in [3.8, 4) is 0 Å². The molecule has 0 aliphatic rings. The molecule has 0 aliphatic heterocycles. The molecule has 78 valence electrons. The number of benzene rings is 1. The highest BCUT2D eigenvalue weighted by Crippen LogP contribution is 2.38. The van der Waals surface area contributed by atoms with Crippen molar-refractivity contribution in [2.75, 3.05) is 13.2 Å². The lowest BCUT2D eigenvalue weighted by Gasteiger charge is -2.11. The van der Waals surface area contributed by atoms with Crippen LogP contribution in [-0.2, 0) is 9.19 Å². The summed E-state index contributed by atoms with van der Waals surface area (Å²) in [5.41, 5.74) is 2.21. The molecular formula is C8H12NO4P. The summed E-state index contributed by atoms with van der Waals surface area (Å²) in [6.07, 6.45) is 0. The van der Waals surface area contributed by atoms with Crippen molar-refractivity contribution in [3.63, 3.8) is 0 Å². The number of aliphatic hydroxyl groups excluding tert-OH is 1. The zero-order valence-electron chi connectivity index (χ0n) is 7.46. The van der Waals surface area contributed by atoms with E-state index < -0.39 is 7.60 Å². The highest BCUT2D eigenvalue weighted by Gasteiger charge is 2.22. The number of hydrogen-bond acceptors (Lipinski definition) is 4. The van der Waals surface area contributed by atoms with Gasteiger partial charge in [-0.1, -0.05) is 18.2 Å².